The Morgan fingerprint density at radius 3 is 2.71 bits per heavy atom. The van der Waals surface area contributed by atoms with Gasteiger partial charge in [-0.15, -0.1) is 0 Å². The fourth-order valence-corrected chi connectivity index (χ4v) is 2.64. The number of hydrogen-bond donors (Lipinski definition) is 2. The van der Waals surface area contributed by atoms with Crippen LogP contribution in [0.2, 0.25) is 5.02 Å². The summed E-state index contributed by atoms with van der Waals surface area (Å²) in [6.45, 7) is 0. The number of anilines is 1. The number of hydrogen-bond acceptors (Lipinski definition) is 3. The molecular formula is C16H13ClN2O2. The average Bonchev–Trinajstić information content (AvgIpc) is 2.91. The Morgan fingerprint density at radius 2 is 1.95 bits per heavy atom. The highest BCUT2D eigenvalue weighted by atomic mass is 35.5. The van der Waals surface area contributed by atoms with E-state index in [1.54, 1.807) is 30.5 Å². The summed E-state index contributed by atoms with van der Waals surface area (Å²) >= 11 is 6.12. The number of H-pyrrole nitrogens is 1. The number of methoxy groups -OCH3 is 1. The topological polar surface area (TPSA) is 68.1 Å². The standard InChI is InChI=1S/C16H13ClN2O2/c1-21-16-10(5-3-7-13(16)18)15(20)11-8-19-14-9(11)4-2-6-12(14)17/h2-8,19H,18H2,1H3. The Bertz CT molecular complexity index is 839. The van der Waals surface area contributed by atoms with E-state index in [2.05, 4.69) is 4.98 Å². The number of ketones is 1. The molecule has 0 fully saturated rings. The zero-order valence-electron chi connectivity index (χ0n) is 11.3. The molecule has 2 aromatic carbocycles. The Labute approximate surface area is 126 Å². The Hall–Kier alpha value is -2.46. The van der Waals surface area contributed by atoms with Crippen molar-refractivity contribution in [3.63, 3.8) is 0 Å². The molecule has 3 N–H and O–H groups in total. The predicted molar refractivity (Wildman–Crippen MR) is 84.1 cm³/mol. The Balaban J connectivity index is 2.18. The molecular weight excluding hydrogens is 288 g/mol. The van der Waals surface area contributed by atoms with Crippen LogP contribution in [0.4, 0.5) is 5.69 Å². The highest BCUT2D eigenvalue weighted by molar-refractivity contribution is 6.35. The number of aromatic nitrogens is 1. The second-order valence-corrected chi connectivity index (χ2v) is 5.03. The van der Waals surface area contributed by atoms with E-state index >= 15 is 0 Å². The number of nitrogens with two attached hydrogens (primary N) is 1. The van der Waals surface area contributed by atoms with Gasteiger partial charge in [-0.2, -0.15) is 0 Å². The third-order valence-corrected chi connectivity index (χ3v) is 3.72. The molecule has 1 heterocycles. The molecule has 0 radical (unpaired) electrons. The van der Waals surface area contributed by atoms with Gasteiger partial charge in [0.15, 0.2) is 11.5 Å². The first-order valence-corrected chi connectivity index (χ1v) is 6.74. The van der Waals surface area contributed by atoms with Crippen molar-refractivity contribution >= 4 is 34.0 Å². The summed E-state index contributed by atoms with van der Waals surface area (Å²) in [6.07, 6.45) is 1.65. The van der Waals surface area contributed by atoms with Gasteiger partial charge in [0.1, 0.15) is 0 Å². The lowest BCUT2D eigenvalue weighted by Crippen LogP contribution is -2.05. The third kappa shape index (κ3) is 2.14. The van der Waals surface area contributed by atoms with E-state index in [0.29, 0.717) is 27.6 Å². The maximum Gasteiger partial charge on any atom is 0.198 e. The van der Waals surface area contributed by atoms with E-state index in [-0.39, 0.29) is 5.78 Å². The van der Waals surface area contributed by atoms with Gasteiger partial charge in [0.2, 0.25) is 0 Å². The largest absolute Gasteiger partial charge is 0.494 e. The number of benzene rings is 2. The summed E-state index contributed by atoms with van der Waals surface area (Å²) in [6, 6.07) is 10.6. The monoisotopic (exact) mass is 300 g/mol. The molecule has 0 spiro atoms. The smallest absolute Gasteiger partial charge is 0.198 e. The predicted octanol–water partition coefficient (Wildman–Crippen LogP) is 3.64. The molecule has 0 aliphatic rings. The van der Waals surface area contributed by atoms with E-state index in [4.69, 9.17) is 22.1 Å². The molecule has 0 aliphatic heterocycles. The number of para-hydroxylation sites is 2. The van der Waals surface area contributed by atoms with Gasteiger partial charge in [0, 0.05) is 17.1 Å². The van der Waals surface area contributed by atoms with Crippen LogP contribution in [0.15, 0.2) is 42.6 Å². The summed E-state index contributed by atoms with van der Waals surface area (Å²) in [5.41, 5.74) is 7.99. The van der Waals surface area contributed by atoms with Crippen LogP contribution in [0.25, 0.3) is 10.9 Å². The van der Waals surface area contributed by atoms with Crippen LogP contribution < -0.4 is 10.5 Å². The number of nitrogens with one attached hydrogen (secondary N) is 1. The molecule has 0 bridgehead atoms. The van der Waals surface area contributed by atoms with E-state index in [1.165, 1.54) is 7.11 Å². The number of carbonyl (C=O) groups is 1. The van der Waals surface area contributed by atoms with Crippen molar-refractivity contribution in [2.24, 2.45) is 0 Å². The summed E-state index contributed by atoms with van der Waals surface area (Å²) in [4.78, 5) is 15.8. The molecule has 0 aliphatic carbocycles. The van der Waals surface area contributed by atoms with Crippen LogP contribution in [-0.2, 0) is 0 Å². The molecule has 5 heteroatoms. The van der Waals surface area contributed by atoms with Gasteiger partial charge in [0.05, 0.1) is 28.9 Å². The lowest BCUT2D eigenvalue weighted by atomic mass is 10.0. The van der Waals surface area contributed by atoms with Crippen molar-refractivity contribution in [2.45, 2.75) is 0 Å². The molecule has 21 heavy (non-hydrogen) atoms. The summed E-state index contributed by atoms with van der Waals surface area (Å²) in [5.74, 6) is 0.228. The molecule has 0 saturated heterocycles. The quantitative estimate of drug-likeness (QED) is 0.573. The molecule has 106 valence electrons. The van der Waals surface area contributed by atoms with Crippen molar-refractivity contribution < 1.29 is 9.53 Å². The van der Waals surface area contributed by atoms with E-state index < -0.39 is 0 Å². The van der Waals surface area contributed by atoms with Crippen molar-refractivity contribution in [1.29, 1.82) is 0 Å². The zero-order chi connectivity index (χ0) is 15.0. The molecule has 0 saturated carbocycles. The minimum absolute atomic E-state index is 0.160. The van der Waals surface area contributed by atoms with Gasteiger partial charge in [-0.25, -0.2) is 0 Å². The van der Waals surface area contributed by atoms with E-state index in [9.17, 15) is 4.79 Å². The molecule has 0 atom stereocenters. The van der Waals surface area contributed by atoms with Gasteiger partial charge in [0.25, 0.3) is 0 Å². The molecule has 3 aromatic rings. The first-order chi connectivity index (χ1) is 10.1. The number of carbonyl (C=O) groups excluding carboxylic acids is 1. The molecule has 0 amide bonds. The summed E-state index contributed by atoms with van der Waals surface area (Å²) in [5, 5.41) is 1.35. The Morgan fingerprint density at radius 1 is 1.19 bits per heavy atom. The molecule has 4 nitrogen and oxygen atoms in total. The minimum Gasteiger partial charge on any atom is -0.494 e. The van der Waals surface area contributed by atoms with Gasteiger partial charge in [-0.1, -0.05) is 29.8 Å². The van der Waals surface area contributed by atoms with Crippen molar-refractivity contribution in [2.75, 3.05) is 12.8 Å². The number of aromatic amines is 1. The van der Waals surface area contributed by atoms with Crippen LogP contribution in [0.5, 0.6) is 5.75 Å². The summed E-state index contributed by atoms with van der Waals surface area (Å²) in [7, 11) is 1.49. The van der Waals surface area contributed by atoms with Crippen LogP contribution in [0.1, 0.15) is 15.9 Å². The molecule has 0 unspecified atom stereocenters. The van der Waals surface area contributed by atoms with Crippen LogP contribution in [0.3, 0.4) is 0 Å². The summed E-state index contributed by atoms with van der Waals surface area (Å²) < 4.78 is 5.25. The maximum absolute atomic E-state index is 12.8. The lowest BCUT2D eigenvalue weighted by Gasteiger charge is -2.09. The minimum atomic E-state index is -0.160. The van der Waals surface area contributed by atoms with Crippen LogP contribution >= 0.6 is 11.6 Å². The van der Waals surface area contributed by atoms with Crippen molar-refractivity contribution in [3.05, 3.63) is 58.7 Å². The average molecular weight is 301 g/mol. The first-order valence-electron chi connectivity index (χ1n) is 6.36. The molecule has 1 aromatic heterocycles. The fourth-order valence-electron chi connectivity index (χ4n) is 2.41. The molecule has 3 rings (SSSR count). The van der Waals surface area contributed by atoms with Crippen LogP contribution in [0, 0.1) is 0 Å². The second kappa shape index (κ2) is 5.14. The van der Waals surface area contributed by atoms with Crippen LogP contribution in [-0.4, -0.2) is 17.9 Å². The fraction of sp³-hybridized carbons (Fsp3) is 0.0625. The van der Waals surface area contributed by atoms with Crippen molar-refractivity contribution in [1.82, 2.24) is 4.98 Å². The van der Waals surface area contributed by atoms with E-state index in [1.807, 2.05) is 12.1 Å². The van der Waals surface area contributed by atoms with E-state index in [0.717, 1.165) is 10.9 Å². The second-order valence-electron chi connectivity index (χ2n) is 4.62. The van der Waals surface area contributed by atoms with Crippen molar-refractivity contribution in [3.8, 4) is 5.75 Å². The Kier molecular flexibility index (Phi) is 3.31. The number of ether oxygens (including phenoxy) is 1. The number of rotatable bonds is 3. The zero-order valence-corrected chi connectivity index (χ0v) is 12.1. The van der Waals surface area contributed by atoms with Gasteiger partial charge in [-0.05, 0) is 18.2 Å². The normalized spacial score (nSPS) is 10.8. The number of halogens is 1. The lowest BCUT2D eigenvalue weighted by molar-refractivity contribution is 0.103. The number of fused-ring (bicyclic) bond motifs is 1. The van der Waals surface area contributed by atoms with Gasteiger partial charge < -0.3 is 15.5 Å². The highest BCUT2D eigenvalue weighted by Gasteiger charge is 2.19. The first kappa shape index (κ1) is 13.5. The third-order valence-electron chi connectivity index (χ3n) is 3.40. The number of nitrogen functional groups attached to an aromatic ring is 1. The maximum atomic E-state index is 12.8. The highest BCUT2D eigenvalue weighted by Crippen LogP contribution is 2.31. The SMILES string of the molecule is COc1c(N)cccc1C(=O)c1c[nH]c2c(Cl)cccc12. The van der Waals surface area contributed by atoms with Gasteiger partial charge in [-0.3, -0.25) is 4.79 Å². The van der Waals surface area contributed by atoms with Gasteiger partial charge >= 0.3 is 0 Å².